The molecule has 0 saturated heterocycles. The number of amides is 1. The fourth-order valence-corrected chi connectivity index (χ4v) is 3.03. The smallest absolute Gasteiger partial charge is 0.261 e. The molecule has 8 heteroatoms. The molecule has 0 aliphatic heterocycles. The molecule has 1 amide bonds. The molecule has 0 bridgehead atoms. The van der Waals surface area contributed by atoms with E-state index in [0.29, 0.717) is 16.4 Å². The van der Waals surface area contributed by atoms with E-state index in [-0.39, 0.29) is 15.8 Å². The summed E-state index contributed by atoms with van der Waals surface area (Å²) < 4.78 is 27.0. The first-order valence-electron chi connectivity index (χ1n) is 6.33. The molecule has 0 radical (unpaired) electrons. The summed E-state index contributed by atoms with van der Waals surface area (Å²) in [5, 5.41) is 3.10. The number of benzene rings is 2. The van der Waals surface area contributed by atoms with E-state index in [1.165, 1.54) is 42.5 Å². The Kier molecular flexibility index (Phi) is 5.30. The molecule has 0 spiro atoms. The summed E-state index contributed by atoms with van der Waals surface area (Å²) in [5.41, 5.74) is 0.756. The molecule has 23 heavy (non-hydrogen) atoms. The number of hydrogen-bond acceptors (Lipinski definition) is 3. The minimum Gasteiger partial charge on any atom is -0.323 e. The van der Waals surface area contributed by atoms with Crippen LogP contribution in [0.2, 0.25) is 10.0 Å². The maximum absolute atomic E-state index is 12.3. The first-order valence-corrected chi connectivity index (χ1v) is 8.57. The maximum atomic E-state index is 12.3. The van der Waals surface area contributed by atoms with Crippen LogP contribution in [0.3, 0.4) is 0 Å². The van der Waals surface area contributed by atoms with Crippen LogP contribution in [0.5, 0.6) is 0 Å². The van der Waals surface area contributed by atoms with Crippen LogP contribution in [0.1, 0.15) is 0 Å². The van der Waals surface area contributed by atoms with Crippen molar-refractivity contribution in [1.82, 2.24) is 0 Å². The van der Waals surface area contributed by atoms with E-state index in [1.54, 1.807) is 0 Å². The highest BCUT2D eigenvalue weighted by Crippen LogP contribution is 2.26. The van der Waals surface area contributed by atoms with Gasteiger partial charge in [-0.3, -0.25) is 9.52 Å². The number of hydrogen-bond donors (Lipinski definition) is 2. The summed E-state index contributed by atoms with van der Waals surface area (Å²) in [5.74, 6) is -0.380. The average Bonchev–Trinajstić information content (AvgIpc) is 2.51. The van der Waals surface area contributed by atoms with E-state index >= 15 is 0 Å². The zero-order valence-corrected chi connectivity index (χ0v) is 14.0. The van der Waals surface area contributed by atoms with E-state index in [9.17, 15) is 13.2 Å². The van der Waals surface area contributed by atoms with Crippen LogP contribution in [0.4, 0.5) is 11.4 Å². The molecule has 0 heterocycles. The second kappa shape index (κ2) is 7.04. The van der Waals surface area contributed by atoms with Gasteiger partial charge in [-0.05, 0) is 48.5 Å². The van der Waals surface area contributed by atoms with Crippen molar-refractivity contribution in [1.29, 1.82) is 0 Å². The Bertz CT molecular complexity index is 850. The average molecular weight is 371 g/mol. The van der Waals surface area contributed by atoms with E-state index < -0.39 is 10.0 Å². The molecule has 120 valence electrons. The van der Waals surface area contributed by atoms with Crippen LogP contribution in [-0.4, -0.2) is 14.3 Å². The van der Waals surface area contributed by atoms with Crippen LogP contribution < -0.4 is 10.0 Å². The van der Waals surface area contributed by atoms with Gasteiger partial charge in [-0.1, -0.05) is 29.8 Å². The normalized spacial score (nSPS) is 10.9. The monoisotopic (exact) mass is 370 g/mol. The van der Waals surface area contributed by atoms with Gasteiger partial charge in [-0.2, -0.15) is 0 Å². The van der Waals surface area contributed by atoms with Crippen molar-refractivity contribution in [3.8, 4) is 0 Å². The van der Waals surface area contributed by atoms with Gasteiger partial charge in [0.15, 0.2) is 0 Å². The van der Waals surface area contributed by atoms with E-state index in [0.717, 1.165) is 6.08 Å². The maximum Gasteiger partial charge on any atom is 0.261 e. The summed E-state index contributed by atoms with van der Waals surface area (Å²) >= 11 is 11.6. The lowest BCUT2D eigenvalue weighted by molar-refractivity contribution is -0.111. The van der Waals surface area contributed by atoms with Gasteiger partial charge < -0.3 is 5.32 Å². The summed E-state index contributed by atoms with van der Waals surface area (Å²) in [6, 6.07) is 10.1. The number of carbonyl (C=O) groups is 1. The highest BCUT2D eigenvalue weighted by atomic mass is 35.5. The van der Waals surface area contributed by atoms with Gasteiger partial charge in [-0.25, -0.2) is 8.42 Å². The minimum absolute atomic E-state index is 0.0418. The second-order valence-electron chi connectivity index (χ2n) is 4.45. The SMILES string of the molecule is C=CC(=O)Nc1ccc(S(=O)(=O)Nc2ccc(Cl)c(Cl)c2)cc1. The Morgan fingerprint density at radius 1 is 1.00 bits per heavy atom. The summed E-state index contributed by atoms with van der Waals surface area (Å²) in [6.07, 6.45) is 1.12. The van der Waals surface area contributed by atoms with Crippen molar-refractivity contribution in [3.05, 3.63) is 65.2 Å². The highest BCUT2D eigenvalue weighted by Gasteiger charge is 2.14. The van der Waals surface area contributed by atoms with Crippen LogP contribution >= 0.6 is 23.2 Å². The summed E-state index contributed by atoms with van der Waals surface area (Å²) in [7, 11) is -3.78. The number of nitrogens with one attached hydrogen (secondary N) is 2. The molecule has 2 N–H and O–H groups in total. The lowest BCUT2D eigenvalue weighted by Gasteiger charge is -2.09. The molecule has 2 rings (SSSR count). The lowest BCUT2D eigenvalue weighted by atomic mass is 10.3. The van der Waals surface area contributed by atoms with E-state index in [2.05, 4.69) is 16.6 Å². The van der Waals surface area contributed by atoms with Gasteiger partial charge in [0.2, 0.25) is 5.91 Å². The van der Waals surface area contributed by atoms with Gasteiger partial charge in [-0.15, -0.1) is 0 Å². The summed E-state index contributed by atoms with van der Waals surface area (Å²) in [6.45, 7) is 3.34. The van der Waals surface area contributed by atoms with Gasteiger partial charge in [0, 0.05) is 5.69 Å². The Morgan fingerprint density at radius 2 is 1.61 bits per heavy atom. The van der Waals surface area contributed by atoms with Gasteiger partial charge in [0.1, 0.15) is 0 Å². The zero-order chi connectivity index (χ0) is 17.0. The van der Waals surface area contributed by atoms with Crippen molar-refractivity contribution in [2.24, 2.45) is 0 Å². The predicted molar refractivity (Wildman–Crippen MR) is 92.5 cm³/mol. The molecular formula is C15H12Cl2N2O3S. The number of anilines is 2. The molecule has 0 aliphatic rings. The Balaban J connectivity index is 2.20. The molecule has 0 atom stereocenters. The third-order valence-corrected chi connectivity index (χ3v) is 4.93. The topological polar surface area (TPSA) is 75.3 Å². The first-order chi connectivity index (χ1) is 10.8. The minimum atomic E-state index is -3.78. The van der Waals surface area contributed by atoms with Gasteiger partial charge in [0.05, 0.1) is 20.6 Å². The molecule has 0 aliphatic carbocycles. The van der Waals surface area contributed by atoms with Gasteiger partial charge >= 0.3 is 0 Å². The van der Waals surface area contributed by atoms with Crippen LogP contribution in [-0.2, 0) is 14.8 Å². The fourth-order valence-electron chi connectivity index (χ4n) is 1.68. The summed E-state index contributed by atoms with van der Waals surface area (Å²) in [4.78, 5) is 11.2. The van der Waals surface area contributed by atoms with E-state index in [1.807, 2.05) is 0 Å². The number of carbonyl (C=O) groups excluding carboxylic acids is 1. The molecule has 2 aromatic rings. The van der Waals surface area contributed by atoms with Crippen molar-refractivity contribution in [2.75, 3.05) is 10.0 Å². The molecule has 0 aromatic heterocycles. The Morgan fingerprint density at radius 3 is 2.17 bits per heavy atom. The quantitative estimate of drug-likeness (QED) is 0.783. The van der Waals surface area contributed by atoms with E-state index in [4.69, 9.17) is 23.2 Å². The zero-order valence-electron chi connectivity index (χ0n) is 11.7. The third kappa shape index (κ3) is 4.48. The Labute approximate surface area is 144 Å². The molecule has 0 saturated carbocycles. The highest BCUT2D eigenvalue weighted by molar-refractivity contribution is 7.92. The van der Waals surface area contributed by atoms with Crippen molar-refractivity contribution >= 4 is 50.5 Å². The molecular weight excluding hydrogens is 359 g/mol. The molecule has 5 nitrogen and oxygen atoms in total. The first kappa shape index (κ1) is 17.3. The fraction of sp³-hybridized carbons (Fsp3) is 0. The standard InChI is InChI=1S/C15H12Cl2N2O3S/c1-2-15(20)18-10-3-6-12(7-4-10)23(21,22)19-11-5-8-13(16)14(17)9-11/h2-9,19H,1H2,(H,18,20). The molecule has 0 fully saturated rings. The molecule has 0 unspecified atom stereocenters. The van der Waals surface area contributed by atoms with Crippen LogP contribution in [0.25, 0.3) is 0 Å². The van der Waals surface area contributed by atoms with Crippen molar-refractivity contribution < 1.29 is 13.2 Å². The van der Waals surface area contributed by atoms with Gasteiger partial charge in [0.25, 0.3) is 10.0 Å². The molecule has 2 aromatic carbocycles. The Hall–Kier alpha value is -2.02. The third-order valence-electron chi connectivity index (χ3n) is 2.79. The number of rotatable bonds is 5. The largest absolute Gasteiger partial charge is 0.323 e. The predicted octanol–water partition coefficient (Wildman–Crippen LogP) is 3.92. The number of sulfonamides is 1. The van der Waals surface area contributed by atoms with Crippen molar-refractivity contribution in [3.63, 3.8) is 0 Å². The number of halogens is 2. The second-order valence-corrected chi connectivity index (χ2v) is 6.95. The van der Waals surface area contributed by atoms with Crippen LogP contribution in [0, 0.1) is 0 Å². The lowest BCUT2D eigenvalue weighted by Crippen LogP contribution is -2.13. The van der Waals surface area contributed by atoms with Crippen molar-refractivity contribution in [2.45, 2.75) is 4.90 Å². The van der Waals surface area contributed by atoms with Crippen LogP contribution in [0.15, 0.2) is 60.0 Å².